The van der Waals surface area contributed by atoms with Crippen LogP contribution in [0.3, 0.4) is 0 Å². The van der Waals surface area contributed by atoms with Crippen LogP contribution in [0.5, 0.6) is 0 Å². The van der Waals surface area contributed by atoms with Crippen LogP contribution in [0, 0.1) is 0 Å². The van der Waals surface area contributed by atoms with E-state index in [0.717, 1.165) is 0 Å². The van der Waals surface area contributed by atoms with Crippen LogP contribution in [0.25, 0.3) is 0 Å². The SMILES string of the molecule is CC1(C)CCC23c4ccccc4C(c4ccccc42)c2cccc1c23. The van der Waals surface area contributed by atoms with Gasteiger partial charge >= 0.3 is 0 Å². The number of benzene rings is 3. The molecule has 0 radical (unpaired) electrons. The Morgan fingerprint density at radius 1 is 0.640 bits per heavy atom. The molecule has 0 aromatic heterocycles. The predicted octanol–water partition coefficient (Wildman–Crippen LogP) is 5.90. The van der Waals surface area contributed by atoms with Crippen molar-refractivity contribution in [2.75, 3.05) is 0 Å². The monoisotopic (exact) mass is 322 g/mol. The first-order chi connectivity index (χ1) is 12.1. The van der Waals surface area contributed by atoms with E-state index in [1.165, 1.54) is 24.0 Å². The van der Waals surface area contributed by atoms with Crippen LogP contribution in [0.2, 0.25) is 0 Å². The third-order valence-electron chi connectivity index (χ3n) is 7.15. The molecule has 0 N–H and O–H groups in total. The molecule has 2 bridgehead atoms. The fourth-order valence-corrected chi connectivity index (χ4v) is 6.07. The zero-order chi connectivity index (χ0) is 16.8. The molecule has 25 heavy (non-hydrogen) atoms. The minimum Gasteiger partial charge on any atom is -0.0619 e. The average Bonchev–Trinajstić information content (AvgIpc) is 2.65. The third-order valence-corrected chi connectivity index (χ3v) is 7.15. The van der Waals surface area contributed by atoms with E-state index in [4.69, 9.17) is 0 Å². The van der Waals surface area contributed by atoms with Crippen LogP contribution < -0.4 is 0 Å². The van der Waals surface area contributed by atoms with Gasteiger partial charge in [-0.15, -0.1) is 0 Å². The first-order valence-corrected chi connectivity index (χ1v) is 9.47. The molecule has 3 aromatic rings. The van der Waals surface area contributed by atoms with Gasteiger partial charge < -0.3 is 0 Å². The molecular formula is C25H22. The Morgan fingerprint density at radius 2 is 1.20 bits per heavy atom. The summed E-state index contributed by atoms with van der Waals surface area (Å²) in [5.74, 6) is 0.401. The fraction of sp³-hybridized carbons (Fsp3) is 0.280. The van der Waals surface area contributed by atoms with Crippen LogP contribution in [0.1, 0.15) is 71.6 Å². The van der Waals surface area contributed by atoms with E-state index in [9.17, 15) is 0 Å². The maximum absolute atomic E-state index is 2.43. The molecule has 0 heteroatoms. The molecule has 0 atom stereocenters. The van der Waals surface area contributed by atoms with E-state index in [1.54, 1.807) is 27.8 Å². The van der Waals surface area contributed by atoms with Crippen molar-refractivity contribution in [1.29, 1.82) is 0 Å². The molecule has 1 spiro atoms. The number of hydrogen-bond acceptors (Lipinski definition) is 0. The highest BCUT2D eigenvalue weighted by Gasteiger charge is 2.55. The second-order valence-electron chi connectivity index (χ2n) is 8.67. The summed E-state index contributed by atoms with van der Waals surface area (Å²) >= 11 is 0. The summed E-state index contributed by atoms with van der Waals surface area (Å²) in [6.07, 6.45) is 2.45. The van der Waals surface area contributed by atoms with E-state index in [-0.39, 0.29) is 10.8 Å². The summed E-state index contributed by atoms with van der Waals surface area (Å²) in [5.41, 5.74) is 11.3. The summed E-state index contributed by atoms with van der Waals surface area (Å²) in [6, 6.07) is 25.5. The fourth-order valence-electron chi connectivity index (χ4n) is 6.07. The summed E-state index contributed by atoms with van der Waals surface area (Å²) in [6.45, 7) is 4.85. The molecule has 0 nitrogen and oxygen atoms in total. The molecule has 0 saturated heterocycles. The Kier molecular flexibility index (Phi) is 2.36. The average molecular weight is 322 g/mol. The molecule has 0 unspecified atom stereocenters. The van der Waals surface area contributed by atoms with Crippen LogP contribution in [-0.4, -0.2) is 0 Å². The normalized spacial score (nSPS) is 26.6. The van der Waals surface area contributed by atoms with Crippen molar-refractivity contribution in [3.05, 3.63) is 106 Å². The highest BCUT2D eigenvalue weighted by molar-refractivity contribution is 5.74. The zero-order valence-corrected chi connectivity index (χ0v) is 14.8. The first kappa shape index (κ1) is 13.9. The zero-order valence-electron chi connectivity index (χ0n) is 14.8. The van der Waals surface area contributed by atoms with E-state index >= 15 is 0 Å². The maximum atomic E-state index is 2.43. The van der Waals surface area contributed by atoms with Gasteiger partial charge in [0.1, 0.15) is 0 Å². The molecule has 7 rings (SSSR count). The van der Waals surface area contributed by atoms with Gasteiger partial charge in [-0.05, 0) is 57.2 Å². The molecule has 122 valence electrons. The first-order valence-electron chi connectivity index (χ1n) is 9.47. The Morgan fingerprint density at radius 3 is 1.88 bits per heavy atom. The van der Waals surface area contributed by atoms with Crippen LogP contribution in [0.15, 0.2) is 66.7 Å². The van der Waals surface area contributed by atoms with Gasteiger partial charge in [-0.1, -0.05) is 80.6 Å². The summed E-state index contributed by atoms with van der Waals surface area (Å²) in [5, 5.41) is 0. The number of rotatable bonds is 0. The lowest BCUT2D eigenvalue weighted by molar-refractivity contribution is 0.347. The van der Waals surface area contributed by atoms with Gasteiger partial charge in [0.25, 0.3) is 0 Å². The van der Waals surface area contributed by atoms with E-state index in [0.29, 0.717) is 5.92 Å². The Labute approximate surface area is 149 Å². The molecule has 4 aliphatic carbocycles. The van der Waals surface area contributed by atoms with Crippen molar-refractivity contribution < 1.29 is 0 Å². The van der Waals surface area contributed by atoms with E-state index < -0.39 is 0 Å². The van der Waals surface area contributed by atoms with Gasteiger partial charge in [-0.25, -0.2) is 0 Å². The van der Waals surface area contributed by atoms with Crippen LogP contribution in [-0.2, 0) is 10.8 Å². The van der Waals surface area contributed by atoms with Crippen molar-refractivity contribution in [3.8, 4) is 0 Å². The molecule has 0 amide bonds. The van der Waals surface area contributed by atoms with Gasteiger partial charge in [0, 0.05) is 11.3 Å². The lowest BCUT2D eigenvalue weighted by atomic mass is 9.47. The topological polar surface area (TPSA) is 0 Å². The number of hydrogen-bond donors (Lipinski definition) is 0. The lowest BCUT2D eigenvalue weighted by Crippen LogP contribution is -2.47. The second-order valence-corrected chi connectivity index (χ2v) is 8.67. The van der Waals surface area contributed by atoms with Gasteiger partial charge in [-0.3, -0.25) is 0 Å². The maximum Gasteiger partial charge on any atom is 0.0463 e. The Bertz CT molecular complexity index is 990. The standard InChI is InChI=1S/C25H22/c1-24(2)14-15-25-19-11-5-3-8-16(19)22(17-9-4-6-12-20(17)25)18-10-7-13-21(24)23(18)25/h3-13,22H,14-15H2,1-2H3. The van der Waals surface area contributed by atoms with Gasteiger partial charge in [0.05, 0.1) is 0 Å². The third kappa shape index (κ3) is 1.42. The van der Waals surface area contributed by atoms with Crippen molar-refractivity contribution in [3.63, 3.8) is 0 Å². The van der Waals surface area contributed by atoms with Crippen molar-refractivity contribution >= 4 is 0 Å². The molecule has 0 aliphatic heterocycles. The molecule has 4 aliphatic rings. The molecular weight excluding hydrogens is 300 g/mol. The van der Waals surface area contributed by atoms with E-state index in [1.807, 2.05) is 0 Å². The van der Waals surface area contributed by atoms with Crippen molar-refractivity contribution in [2.45, 2.75) is 43.4 Å². The van der Waals surface area contributed by atoms with Crippen molar-refractivity contribution in [2.24, 2.45) is 0 Å². The second kappa shape index (κ2) is 4.25. The largest absolute Gasteiger partial charge is 0.0619 e. The lowest BCUT2D eigenvalue weighted by Gasteiger charge is -2.56. The highest BCUT2D eigenvalue weighted by Crippen LogP contribution is 2.64. The predicted molar refractivity (Wildman–Crippen MR) is 102 cm³/mol. The molecule has 0 fully saturated rings. The quantitative estimate of drug-likeness (QED) is 0.483. The van der Waals surface area contributed by atoms with E-state index in [2.05, 4.69) is 80.6 Å². The van der Waals surface area contributed by atoms with Gasteiger partial charge in [0.2, 0.25) is 0 Å². The summed E-state index contributed by atoms with van der Waals surface area (Å²) < 4.78 is 0. The van der Waals surface area contributed by atoms with Gasteiger partial charge in [-0.2, -0.15) is 0 Å². The van der Waals surface area contributed by atoms with Crippen LogP contribution >= 0.6 is 0 Å². The summed E-state index contributed by atoms with van der Waals surface area (Å²) in [7, 11) is 0. The van der Waals surface area contributed by atoms with Crippen molar-refractivity contribution in [1.82, 2.24) is 0 Å². The molecule has 3 aromatic carbocycles. The Balaban J connectivity index is 1.84. The van der Waals surface area contributed by atoms with Crippen LogP contribution in [0.4, 0.5) is 0 Å². The van der Waals surface area contributed by atoms with Gasteiger partial charge in [0.15, 0.2) is 0 Å². The minimum atomic E-state index is 0.0589. The smallest absolute Gasteiger partial charge is 0.0463 e. The molecule has 0 saturated carbocycles. The molecule has 0 heterocycles. The summed E-state index contributed by atoms with van der Waals surface area (Å²) in [4.78, 5) is 0. The minimum absolute atomic E-state index is 0.0589. The highest BCUT2D eigenvalue weighted by atomic mass is 14.6. The Hall–Kier alpha value is -2.34.